The van der Waals surface area contributed by atoms with E-state index in [0.717, 1.165) is 19.4 Å². The molecule has 1 aromatic carbocycles. The molecule has 0 aromatic heterocycles. The summed E-state index contributed by atoms with van der Waals surface area (Å²) in [4.78, 5) is 16.8. The molecule has 2 saturated heterocycles. The Balaban J connectivity index is 1.45. The van der Waals surface area contributed by atoms with Crippen LogP contribution in [0.3, 0.4) is 0 Å². The summed E-state index contributed by atoms with van der Waals surface area (Å²) < 4.78 is 18.5. The first-order valence-corrected chi connectivity index (χ1v) is 9.12. The highest BCUT2D eigenvalue weighted by atomic mass is 19.1. The van der Waals surface area contributed by atoms with Crippen molar-refractivity contribution in [3.63, 3.8) is 0 Å². The van der Waals surface area contributed by atoms with E-state index in [1.165, 1.54) is 44.5 Å². The Morgan fingerprint density at radius 2 is 1.79 bits per heavy atom. The Morgan fingerprint density at radius 1 is 1.04 bits per heavy atom. The predicted molar refractivity (Wildman–Crippen MR) is 91.5 cm³/mol. The normalized spacial score (nSPS) is 23.1. The molecule has 24 heavy (non-hydrogen) atoms. The van der Waals surface area contributed by atoms with Crippen LogP contribution < -0.4 is 4.74 Å². The number of benzene rings is 1. The van der Waals surface area contributed by atoms with E-state index < -0.39 is 0 Å². The first-order valence-electron chi connectivity index (χ1n) is 9.12. The van der Waals surface area contributed by atoms with Gasteiger partial charge in [-0.1, -0.05) is 6.42 Å². The molecule has 0 aliphatic carbocycles. The topological polar surface area (TPSA) is 32.8 Å². The maximum Gasteiger partial charge on any atom is 0.222 e. The van der Waals surface area contributed by atoms with Crippen molar-refractivity contribution < 1.29 is 13.9 Å². The summed E-state index contributed by atoms with van der Waals surface area (Å²) in [5, 5.41) is 0. The number of hydrogen-bond acceptors (Lipinski definition) is 3. The van der Waals surface area contributed by atoms with Crippen LogP contribution in [0, 0.1) is 5.82 Å². The largest absolute Gasteiger partial charge is 0.492 e. The molecule has 0 bridgehead atoms. The van der Waals surface area contributed by atoms with Crippen LogP contribution >= 0.6 is 0 Å². The van der Waals surface area contributed by atoms with Crippen LogP contribution in [0.2, 0.25) is 0 Å². The summed E-state index contributed by atoms with van der Waals surface area (Å²) >= 11 is 0. The van der Waals surface area contributed by atoms with Gasteiger partial charge in [-0.25, -0.2) is 4.39 Å². The molecule has 1 unspecified atom stereocenters. The zero-order chi connectivity index (χ0) is 16.8. The number of carbonyl (C=O) groups is 1. The fourth-order valence-corrected chi connectivity index (χ4v) is 3.71. The summed E-state index contributed by atoms with van der Waals surface area (Å²) in [6.07, 6.45) is 6.60. The Kier molecular flexibility index (Phi) is 6.07. The van der Waals surface area contributed by atoms with E-state index >= 15 is 0 Å². The molecule has 2 aliphatic rings. The Labute approximate surface area is 143 Å². The third-order valence-corrected chi connectivity index (χ3v) is 5.13. The molecule has 2 fully saturated rings. The second-order valence-electron chi connectivity index (χ2n) is 6.76. The van der Waals surface area contributed by atoms with E-state index in [0.29, 0.717) is 31.4 Å². The van der Waals surface area contributed by atoms with Crippen molar-refractivity contribution in [1.29, 1.82) is 0 Å². The zero-order valence-corrected chi connectivity index (χ0v) is 14.3. The molecule has 2 aliphatic heterocycles. The molecular formula is C19H27FN2O2. The second-order valence-corrected chi connectivity index (χ2v) is 6.76. The van der Waals surface area contributed by atoms with Gasteiger partial charge in [0.25, 0.3) is 0 Å². The van der Waals surface area contributed by atoms with Crippen LogP contribution in [-0.2, 0) is 4.79 Å². The van der Waals surface area contributed by atoms with Gasteiger partial charge in [-0.05, 0) is 63.0 Å². The van der Waals surface area contributed by atoms with Crippen LogP contribution in [0.4, 0.5) is 4.39 Å². The lowest BCUT2D eigenvalue weighted by atomic mass is 10.0. The highest BCUT2D eigenvalue weighted by molar-refractivity contribution is 5.76. The lowest BCUT2D eigenvalue weighted by Crippen LogP contribution is -2.40. The molecule has 1 aromatic rings. The molecule has 132 valence electrons. The molecular weight excluding hydrogens is 307 g/mol. The number of hydrogen-bond donors (Lipinski definition) is 0. The van der Waals surface area contributed by atoms with Crippen LogP contribution in [0.5, 0.6) is 5.75 Å². The monoisotopic (exact) mass is 334 g/mol. The SMILES string of the molecule is O=C1CCC(N2CCCCC2)CCN1CCOc1ccc(F)cc1. The van der Waals surface area contributed by atoms with Crippen molar-refractivity contribution in [3.8, 4) is 5.75 Å². The number of piperidine rings is 1. The van der Waals surface area contributed by atoms with E-state index in [1.807, 2.05) is 4.90 Å². The Morgan fingerprint density at radius 3 is 2.54 bits per heavy atom. The van der Waals surface area contributed by atoms with Gasteiger partial charge in [0.15, 0.2) is 0 Å². The van der Waals surface area contributed by atoms with Gasteiger partial charge < -0.3 is 14.5 Å². The minimum Gasteiger partial charge on any atom is -0.492 e. The lowest BCUT2D eigenvalue weighted by molar-refractivity contribution is -0.131. The highest BCUT2D eigenvalue weighted by Crippen LogP contribution is 2.21. The molecule has 1 atom stereocenters. The number of likely N-dealkylation sites (tertiary alicyclic amines) is 2. The molecule has 5 heteroatoms. The quantitative estimate of drug-likeness (QED) is 0.830. The average molecular weight is 334 g/mol. The average Bonchev–Trinajstić information content (AvgIpc) is 2.80. The number of rotatable bonds is 5. The van der Waals surface area contributed by atoms with Crippen molar-refractivity contribution in [2.75, 3.05) is 32.8 Å². The molecule has 4 nitrogen and oxygen atoms in total. The first kappa shape index (κ1) is 17.2. The molecule has 0 spiro atoms. The van der Waals surface area contributed by atoms with Crippen molar-refractivity contribution >= 4 is 5.91 Å². The van der Waals surface area contributed by atoms with Crippen molar-refractivity contribution in [2.45, 2.75) is 44.6 Å². The number of carbonyl (C=O) groups excluding carboxylic acids is 1. The van der Waals surface area contributed by atoms with Gasteiger partial charge in [-0.15, -0.1) is 0 Å². The van der Waals surface area contributed by atoms with Gasteiger partial charge in [0, 0.05) is 19.0 Å². The fraction of sp³-hybridized carbons (Fsp3) is 0.632. The van der Waals surface area contributed by atoms with Crippen LogP contribution in [0.1, 0.15) is 38.5 Å². The third kappa shape index (κ3) is 4.69. The van der Waals surface area contributed by atoms with Gasteiger partial charge in [-0.2, -0.15) is 0 Å². The molecule has 1 amide bonds. The summed E-state index contributed by atoms with van der Waals surface area (Å²) in [5.74, 6) is 0.607. The summed E-state index contributed by atoms with van der Waals surface area (Å²) in [7, 11) is 0. The fourth-order valence-electron chi connectivity index (χ4n) is 3.71. The van der Waals surface area contributed by atoms with Gasteiger partial charge in [0.2, 0.25) is 5.91 Å². The Hall–Kier alpha value is -1.62. The predicted octanol–water partition coefficient (Wildman–Crippen LogP) is 3.07. The summed E-state index contributed by atoms with van der Waals surface area (Å²) in [6, 6.07) is 6.56. The maximum absolute atomic E-state index is 12.9. The smallest absolute Gasteiger partial charge is 0.222 e. The van der Waals surface area contributed by atoms with Crippen LogP contribution in [0.25, 0.3) is 0 Å². The van der Waals surface area contributed by atoms with Crippen LogP contribution in [0.15, 0.2) is 24.3 Å². The first-order chi connectivity index (χ1) is 11.7. The van der Waals surface area contributed by atoms with Gasteiger partial charge in [0.1, 0.15) is 18.2 Å². The van der Waals surface area contributed by atoms with Crippen LogP contribution in [-0.4, -0.2) is 54.5 Å². The molecule has 0 radical (unpaired) electrons. The minimum atomic E-state index is -0.270. The zero-order valence-electron chi connectivity index (χ0n) is 14.3. The second kappa shape index (κ2) is 8.47. The number of amides is 1. The molecule has 0 N–H and O–H groups in total. The van der Waals surface area contributed by atoms with Crippen molar-refractivity contribution in [2.24, 2.45) is 0 Å². The summed E-state index contributed by atoms with van der Waals surface area (Å²) in [5.41, 5.74) is 0. The van der Waals surface area contributed by atoms with Crippen molar-refractivity contribution in [1.82, 2.24) is 9.80 Å². The number of halogens is 1. The number of ether oxygens (including phenoxy) is 1. The standard InChI is InChI=1S/C19H27FN2O2/c20-16-4-7-18(8-5-16)24-15-14-22-13-10-17(6-9-19(22)23)21-11-2-1-3-12-21/h4-5,7-8,17H,1-3,6,9-15H2. The van der Waals surface area contributed by atoms with E-state index in [9.17, 15) is 9.18 Å². The highest BCUT2D eigenvalue weighted by Gasteiger charge is 2.26. The molecule has 2 heterocycles. The summed E-state index contributed by atoms with van der Waals surface area (Å²) in [6.45, 7) is 4.24. The van der Waals surface area contributed by atoms with Crippen molar-refractivity contribution in [3.05, 3.63) is 30.1 Å². The van der Waals surface area contributed by atoms with E-state index in [4.69, 9.17) is 4.74 Å². The van der Waals surface area contributed by atoms with E-state index in [-0.39, 0.29) is 11.7 Å². The van der Waals surface area contributed by atoms with E-state index in [2.05, 4.69) is 4.90 Å². The lowest BCUT2D eigenvalue weighted by Gasteiger charge is -2.34. The molecule has 0 saturated carbocycles. The van der Waals surface area contributed by atoms with Gasteiger partial charge in [-0.3, -0.25) is 4.79 Å². The van der Waals surface area contributed by atoms with Gasteiger partial charge >= 0.3 is 0 Å². The number of nitrogens with zero attached hydrogens (tertiary/aromatic N) is 2. The molecule has 3 rings (SSSR count). The maximum atomic E-state index is 12.9. The Bertz CT molecular complexity index is 529. The van der Waals surface area contributed by atoms with Gasteiger partial charge in [0.05, 0.1) is 6.54 Å². The third-order valence-electron chi connectivity index (χ3n) is 5.13. The minimum absolute atomic E-state index is 0.234. The van der Waals surface area contributed by atoms with E-state index in [1.54, 1.807) is 12.1 Å².